The fourth-order valence-electron chi connectivity index (χ4n) is 2.82. The summed E-state index contributed by atoms with van der Waals surface area (Å²) in [4.78, 5) is 0. The van der Waals surface area contributed by atoms with Crippen LogP contribution in [-0.4, -0.2) is 7.11 Å². The Morgan fingerprint density at radius 1 is 1.00 bits per heavy atom. The number of aryl methyl sites for hydroxylation is 2. The van der Waals surface area contributed by atoms with Gasteiger partial charge in [0, 0.05) is 10.6 Å². The van der Waals surface area contributed by atoms with Crippen LogP contribution in [0.25, 0.3) is 0 Å². The zero-order chi connectivity index (χ0) is 15.7. The molecule has 2 aromatic carbocycles. The van der Waals surface area contributed by atoms with E-state index in [2.05, 4.69) is 33.8 Å². The Morgan fingerprint density at radius 3 is 2.10 bits per heavy atom. The molecule has 0 aliphatic heterocycles. The maximum absolute atomic E-state index is 6.56. The summed E-state index contributed by atoms with van der Waals surface area (Å²) in [6, 6.07) is 7.53. The number of hydrogen-bond acceptors (Lipinski definition) is 2. The molecule has 0 radical (unpaired) electrons. The molecule has 0 aromatic heterocycles. The molecule has 2 N–H and O–H groups in total. The molecule has 3 heteroatoms. The number of ether oxygens (including phenoxy) is 1. The van der Waals surface area contributed by atoms with Gasteiger partial charge in [0.25, 0.3) is 0 Å². The lowest BCUT2D eigenvalue weighted by Gasteiger charge is -2.23. The van der Waals surface area contributed by atoms with Gasteiger partial charge in [-0.25, -0.2) is 0 Å². The molecule has 1 unspecified atom stereocenters. The Morgan fingerprint density at radius 2 is 1.57 bits per heavy atom. The van der Waals surface area contributed by atoms with Gasteiger partial charge in [0.2, 0.25) is 0 Å². The highest BCUT2D eigenvalue weighted by Crippen LogP contribution is 2.35. The average Bonchev–Trinajstić information content (AvgIpc) is 2.45. The van der Waals surface area contributed by atoms with Crippen molar-refractivity contribution in [3.63, 3.8) is 0 Å². The Labute approximate surface area is 131 Å². The Balaban J connectivity index is 2.65. The van der Waals surface area contributed by atoms with Gasteiger partial charge in [0.1, 0.15) is 5.75 Å². The van der Waals surface area contributed by atoms with E-state index in [1.807, 2.05) is 18.2 Å². The normalized spacial score (nSPS) is 12.3. The second-order valence-corrected chi connectivity index (χ2v) is 5.97. The fraction of sp³-hybridized carbons (Fsp3) is 0.333. The van der Waals surface area contributed by atoms with Gasteiger partial charge in [0.05, 0.1) is 13.2 Å². The van der Waals surface area contributed by atoms with Crippen LogP contribution in [0.2, 0.25) is 5.02 Å². The Bertz CT molecular complexity index is 653. The highest BCUT2D eigenvalue weighted by atomic mass is 35.5. The number of methoxy groups -OCH3 is 1. The third-order valence-corrected chi connectivity index (χ3v) is 4.50. The van der Waals surface area contributed by atoms with Crippen molar-refractivity contribution >= 4 is 11.6 Å². The van der Waals surface area contributed by atoms with Crippen LogP contribution in [0, 0.1) is 27.7 Å². The smallest absolute Gasteiger partial charge is 0.124 e. The first-order valence-electron chi connectivity index (χ1n) is 7.03. The second kappa shape index (κ2) is 6.08. The summed E-state index contributed by atoms with van der Waals surface area (Å²) in [7, 11) is 1.65. The summed E-state index contributed by atoms with van der Waals surface area (Å²) in [6.45, 7) is 8.47. The van der Waals surface area contributed by atoms with Gasteiger partial charge in [-0.15, -0.1) is 0 Å². The monoisotopic (exact) mass is 303 g/mol. The summed E-state index contributed by atoms with van der Waals surface area (Å²) in [5, 5.41) is 0.668. The number of rotatable bonds is 3. The average molecular weight is 304 g/mol. The van der Waals surface area contributed by atoms with Gasteiger partial charge in [0.15, 0.2) is 0 Å². The first-order valence-corrected chi connectivity index (χ1v) is 7.41. The van der Waals surface area contributed by atoms with E-state index in [1.165, 1.54) is 22.3 Å². The second-order valence-electron chi connectivity index (χ2n) is 5.54. The molecule has 2 rings (SSSR count). The van der Waals surface area contributed by atoms with Crippen LogP contribution in [0.5, 0.6) is 5.75 Å². The quantitative estimate of drug-likeness (QED) is 0.897. The van der Waals surface area contributed by atoms with Crippen LogP contribution >= 0.6 is 11.6 Å². The molecular weight excluding hydrogens is 282 g/mol. The summed E-state index contributed by atoms with van der Waals surface area (Å²) in [5.41, 5.74) is 13.6. The summed E-state index contributed by atoms with van der Waals surface area (Å²) < 4.78 is 5.44. The zero-order valence-corrected chi connectivity index (χ0v) is 14.0. The lowest BCUT2D eigenvalue weighted by atomic mass is 9.87. The molecule has 112 valence electrons. The summed E-state index contributed by atoms with van der Waals surface area (Å²) in [6.07, 6.45) is 0. The standard InChI is InChI=1S/C18H22ClNO/c1-10-8-11(2)13(4)17(12(10)3)18(20)15-9-14(19)6-7-16(15)21-5/h6-9,18H,20H2,1-5H3. The van der Waals surface area contributed by atoms with E-state index in [0.29, 0.717) is 5.02 Å². The fourth-order valence-corrected chi connectivity index (χ4v) is 3.00. The molecule has 0 saturated heterocycles. The maximum atomic E-state index is 6.56. The molecule has 2 nitrogen and oxygen atoms in total. The predicted molar refractivity (Wildman–Crippen MR) is 89.4 cm³/mol. The first-order chi connectivity index (χ1) is 9.86. The van der Waals surface area contributed by atoms with Crippen LogP contribution in [-0.2, 0) is 0 Å². The molecule has 2 aromatic rings. The summed E-state index contributed by atoms with van der Waals surface area (Å²) >= 11 is 6.14. The van der Waals surface area contributed by atoms with E-state index in [4.69, 9.17) is 22.1 Å². The predicted octanol–water partition coefficient (Wildman–Crippen LogP) is 4.63. The molecule has 0 fully saturated rings. The van der Waals surface area contributed by atoms with Crippen LogP contribution in [0.3, 0.4) is 0 Å². The van der Waals surface area contributed by atoms with E-state index in [1.54, 1.807) is 7.11 Å². The molecule has 0 heterocycles. The number of hydrogen-bond donors (Lipinski definition) is 1. The van der Waals surface area contributed by atoms with Crippen molar-refractivity contribution in [3.05, 3.63) is 62.7 Å². The molecular formula is C18H22ClNO. The number of nitrogens with two attached hydrogens (primary N) is 1. The molecule has 0 bridgehead atoms. The first kappa shape index (κ1) is 15.9. The SMILES string of the molecule is COc1ccc(Cl)cc1C(N)c1c(C)c(C)cc(C)c1C. The van der Waals surface area contributed by atoms with Crippen molar-refractivity contribution in [1.82, 2.24) is 0 Å². The van der Waals surface area contributed by atoms with Crippen molar-refractivity contribution in [2.75, 3.05) is 7.11 Å². The lowest BCUT2D eigenvalue weighted by molar-refractivity contribution is 0.408. The van der Waals surface area contributed by atoms with Gasteiger partial charge in [-0.2, -0.15) is 0 Å². The topological polar surface area (TPSA) is 35.2 Å². The minimum Gasteiger partial charge on any atom is -0.496 e. The number of halogens is 1. The van der Waals surface area contributed by atoms with E-state index in [9.17, 15) is 0 Å². The molecule has 0 saturated carbocycles. The van der Waals surface area contributed by atoms with Crippen LogP contribution in [0.15, 0.2) is 24.3 Å². The highest BCUT2D eigenvalue weighted by Gasteiger charge is 2.20. The third-order valence-electron chi connectivity index (χ3n) is 4.26. The van der Waals surface area contributed by atoms with Gasteiger partial charge >= 0.3 is 0 Å². The maximum Gasteiger partial charge on any atom is 0.124 e. The van der Waals surface area contributed by atoms with Crippen molar-refractivity contribution in [3.8, 4) is 5.75 Å². The molecule has 21 heavy (non-hydrogen) atoms. The largest absolute Gasteiger partial charge is 0.496 e. The third kappa shape index (κ3) is 2.92. The van der Waals surface area contributed by atoms with E-state index in [0.717, 1.165) is 16.9 Å². The van der Waals surface area contributed by atoms with Gasteiger partial charge < -0.3 is 10.5 Å². The molecule has 0 aliphatic carbocycles. The Kier molecular flexibility index (Phi) is 4.60. The van der Waals surface area contributed by atoms with Crippen LogP contribution in [0.1, 0.15) is 39.4 Å². The summed E-state index contributed by atoms with van der Waals surface area (Å²) in [5.74, 6) is 0.768. The lowest BCUT2D eigenvalue weighted by Crippen LogP contribution is -2.17. The van der Waals surface area contributed by atoms with Crippen molar-refractivity contribution in [2.24, 2.45) is 5.73 Å². The minimum atomic E-state index is -0.253. The highest BCUT2D eigenvalue weighted by molar-refractivity contribution is 6.30. The van der Waals surface area contributed by atoms with E-state index < -0.39 is 0 Å². The van der Waals surface area contributed by atoms with Crippen molar-refractivity contribution in [2.45, 2.75) is 33.7 Å². The van der Waals surface area contributed by atoms with E-state index >= 15 is 0 Å². The van der Waals surface area contributed by atoms with Crippen LogP contribution < -0.4 is 10.5 Å². The Hall–Kier alpha value is -1.51. The van der Waals surface area contributed by atoms with Gasteiger partial charge in [-0.3, -0.25) is 0 Å². The van der Waals surface area contributed by atoms with Gasteiger partial charge in [-0.1, -0.05) is 17.7 Å². The number of benzene rings is 2. The molecule has 1 atom stereocenters. The molecule has 0 aliphatic rings. The van der Waals surface area contributed by atoms with Crippen LogP contribution in [0.4, 0.5) is 0 Å². The molecule has 0 spiro atoms. The van der Waals surface area contributed by atoms with Crippen molar-refractivity contribution in [1.29, 1.82) is 0 Å². The van der Waals surface area contributed by atoms with E-state index in [-0.39, 0.29) is 6.04 Å². The minimum absolute atomic E-state index is 0.253. The van der Waals surface area contributed by atoms with Crippen molar-refractivity contribution < 1.29 is 4.74 Å². The molecule has 0 amide bonds. The van der Waals surface area contributed by atoms with Gasteiger partial charge in [-0.05, 0) is 73.7 Å². The zero-order valence-electron chi connectivity index (χ0n) is 13.3.